The van der Waals surface area contributed by atoms with Gasteiger partial charge in [-0.1, -0.05) is 86.2 Å². The van der Waals surface area contributed by atoms with Crippen molar-refractivity contribution in [1.29, 1.82) is 0 Å². The molecule has 4 rings (SSSR count). The lowest BCUT2D eigenvalue weighted by molar-refractivity contribution is -0.116. The zero-order valence-corrected chi connectivity index (χ0v) is 24.2. The Morgan fingerprint density at radius 1 is 0.833 bits per heavy atom. The van der Waals surface area contributed by atoms with Crippen LogP contribution in [0.5, 0.6) is 0 Å². The molecule has 1 aliphatic carbocycles. The van der Waals surface area contributed by atoms with E-state index in [4.69, 9.17) is 0 Å². The second-order valence-corrected chi connectivity index (χ2v) is 13.7. The number of allylic oxidation sites excluding steroid dienone is 6. The Hall–Kier alpha value is -2.54. The van der Waals surface area contributed by atoms with Gasteiger partial charge in [0.15, 0.2) is 5.78 Å². The van der Waals surface area contributed by atoms with E-state index in [1.165, 1.54) is 27.1 Å². The average molecular weight is 560 g/mol. The van der Waals surface area contributed by atoms with Crippen LogP contribution in [0.15, 0.2) is 126 Å². The molecule has 36 heavy (non-hydrogen) atoms. The first-order valence-corrected chi connectivity index (χ1v) is 14.5. The molecule has 3 aromatic rings. The highest BCUT2D eigenvalue weighted by Gasteiger charge is 2.44. The minimum atomic E-state index is -1.89. The van der Waals surface area contributed by atoms with Crippen LogP contribution < -0.4 is 32.9 Å². The summed E-state index contributed by atoms with van der Waals surface area (Å²) in [5.74, 6) is 0.285. The van der Waals surface area contributed by atoms with Crippen LogP contribution in [-0.4, -0.2) is 11.9 Å². The predicted molar refractivity (Wildman–Crippen MR) is 154 cm³/mol. The lowest BCUT2D eigenvalue weighted by Gasteiger charge is -2.32. The van der Waals surface area contributed by atoms with E-state index in [0.717, 1.165) is 18.2 Å². The Bertz CT molecular complexity index is 1160. The van der Waals surface area contributed by atoms with Crippen LogP contribution in [0, 0.1) is 5.41 Å². The summed E-state index contributed by atoms with van der Waals surface area (Å²) >= 11 is 0. The highest BCUT2D eigenvalue weighted by atomic mass is 79.9. The van der Waals surface area contributed by atoms with Gasteiger partial charge in [-0.3, -0.25) is 4.79 Å². The lowest BCUT2D eigenvalue weighted by Crippen LogP contribution is -3.00. The monoisotopic (exact) mass is 558 g/mol. The average Bonchev–Trinajstić information content (AvgIpc) is 2.89. The molecule has 1 nitrogen and oxygen atoms in total. The van der Waals surface area contributed by atoms with Gasteiger partial charge in [0.2, 0.25) is 0 Å². The molecule has 0 bridgehead atoms. The van der Waals surface area contributed by atoms with Crippen molar-refractivity contribution >= 4 is 29.0 Å². The second kappa shape index (κ2) is 12.1. The number of carbonyl (C=O) groups is 1. The van der Waals surface area contributed by atoms with Crippen LogP contribution >= 0.6 is 7.26 Å². The van der Waals surface area contributed by atoms with Gasteiger partial charge in [0, 0.05) is 6.42 Å². The summed E-state index contributed by atoms with van der Waals surface area (Å²) in [5.41, 5.74) is 3.36. The molecule has 0 radical (unpaired) electrons. The summed E-state index contributed by atoms with van der Waals surface area (Å²) in [6.45, 7) is 8.66. The van der Waals surface area contributed by atoms with E-state index < -0.39 is 7.26 Å². The van der Waals surface area contributed by atoms with Crippen molar-refractivity contribution in [3.63, 3.8) is 0 Å². The minimum absolute atomic E-state index is 0. The first-order valence-electron chi connectivity index (χ1n) is 12.5. The Kier molecular flexibility index (Phi) is 9.45. The number of rotatable bonds is 7. The van der Waals surface area contributed by atoms with Crippen molar-refractivity contribution in [2.75, 3.05) is 6.16 Å². The minimum Gasteiger partial charge on any atom is -1.00 e. The second-order valence-electron chi connectivity index (χ2n) is 10.1. The summed E-state index contributed by atoms with van der Waals surface area (Å²) in [4.78, 5) is 12.4. The van der Waals surface area contributed by atoms with E-state index in [1.807, 2.05) is 6.92 Å². The number of hydrogen-bond acceptors (Lipinski definition) is 1. The van der Waals surface area contributed by atoms with Crippen LogP contribution in [0.25, 0.3) is 0 Å². The van der Waals surface area contributed by atoms with E-state index in [-0.39, 0.29) is 28.2 Å². The number of carbonyl (C=O) groups excluding carboxylic acids is 1. The number of Topliss-reactive ketones (excluding diaryl/α,β-unsaturated/α-hetero) is 1. The normalized spacial score (nSPS) is 16.2. The number of hydrogen-bond donors (Lipinski definition) is 0. The topological polar surface area (TPSA) is 17.1 Å². The number of halogens is 1. The molecule has 0 N–H and O–H groups in total. The molecule has 0 saturated carbocycles. The molecule has 3 heteroatoms. The van der Waals surface area contributed by atoms with Gasteiger partial charge in [-0.15, -0.1) is 0 Å². The van der Waals surface area contributed by atoms with Crippen molar-refractivity contribution in [2.24, 2.45) is 5.41 Å². The predicted octanol–water partition coefficient (Wildman–Crippen LogP) is 4.19. The molecule has 0 atom stereocenters. The number of ketones is 1. The van der Waals surface area contributed by atoms with E-state index in [0.29, 0.717) is 6.42 Å². The Morgan fingerprint density at radius 2 is 1.28 bits per heavy atom. The molecule has 0 spiro atoms. The molecular formula is C33H36BrOP. The fraction of sp³-hybridized carbons (Fsp3) is 0.242. The third-order valence-electron chi connectivity index (χ3n) is 7.32. The van der Waals surface area contributed by atoms with Gasteiger partial charge in [0.1, 0.15) is 23.2 Å². The summed E-state index contributed by atoms with van der Waals surface area (Å²) < 4.78 is 0. The number of benzene rings is 3. The summed E-state index contributed by atoms with van der Waals surface area (Å²) in [6.07, 6.45) is 9.30. The van der Waals surface area contributed by atoms with Crippen LogP contribution in [0.3, 0.4) is 0 Å². The maximum Gasteiger partial charge on any atom is 0.158 e. The highest BCUT2D eigenvalue weighted by molar-refractivity contribution is 7.95. The largest absolute Gasteiger partial charge is 1.00 e. The van der Waals surface area contributed by atoms with Crippen molar-refractivity contribution in [1.82, 2.24) is 0 Å². The third kappa shape index (κ3) is 5.88. The molecule has 0 fully saturated rings. The molecule has 0 aromatic heterocycles. The summed E-state index contributed by atoms with van der Waals surface area (Å²) in [6, 6.07) is 33.0. The zero-order chi connectivity index (χ0) is 24.9. The first-order chi connectivity index (χ1) is 16.8. The van der Waals surface area contributed by atoms with Crippen molar-refractivity contribution < 1.29 is 21.8 Å². The summed E-state index contributed by atoms with van der Waals surface area (Å²) in [5, 5.41) is 4.17. The highest BCUT2D eigenvalue weighted by Crippen LogP contribution is 2.55. The molecule has 186 valence electrons. The Labute approximate surface area is 228 Å². The lowest BCUT2D eigenvalue weighted by atomic mass is 9.72. The molecule has 3 aromatic carbocycles. The van der Waals surface area contributed by atoms with Gasteiger partial charge < -0.3 is 17.0 Å². The van der Waals surface area contributed by atoms with E-state index >= 15 is 0 Å². The van der Waals surface area contributed by atoms with E-state index in [1.54, 1.807) is 0 Å². The van der Waals surface area contributed by atoms with Crippen molar-refractivity contribution in [3.05, 3.63) is 126 Å². The maximum absolute atomic E-state index is 12.4. The fourth-order valence-electron chi connectivity index (χ4n) is 5.13. The molecule has 0 aliphatic heterocycles. The van der Waals surface area contributed by atoms with Crippen LogP contribution in [0.2, 0.25) is 0 Å². The van der Waals surface area contributed by atoms with Crippen LogP contribution in [0.4, 0.5) is 0 Å². The van der Waals surface area contributed by atoms with Crippen LogP contribution in [0.1, 0.15) is 40.5 Å². The van der Waals surface area contributed by atoms with E-state index in [9.17, 15) is 4.79 Å². The van der Waals surface area contributed by atoms with Crippen LogP contribution in [-0.2, 0) is 4.79 Å². The van der Waals surface area contributed by atoms with Gasteiger partial charge in [-0.25, -0.2) is 0 Å². The molecular weight excluding hydrogens is 523 g/mol. The zero-order valence-electron chi connectivity index (χ0n) is 21.7. The first kappa shape index (κ1) is 28.0. The van der Waals surface area contributed by atoms with Crippen molar-refractivity contribution in [3.8, 4) is 0 Å². The van der Waals surface area contributed by atoms with Gasteiger partial charge >= 0.3 is 0 Å². The quantitative estimate of drug-likeness (QED) is 0.314. The van der Waals surface area contributed by atoms with Crippen molar-refractivity contribution in [2.45, 2.75) is 40.5 Å². The standard InChI is InChI=1S/C33H36OP.BrH/c1-26(20-21-31-27(2)32(34)22-24-33(31,3)4)23-25-35(28-14-8-5-9-15-28,29-16-10-6-11-17-29)30-18-12-7-13-19-30;/h5-21,23H,22,24-25H2,1-4H3;1H/q+1;/p-1/b21-20+,26-23+;. The van der Waals surface area contributed by atoms with Gasteiger partial charge in [0.25, 0.3) is 0 Å². The Morgan fingerprint density at radius 3 is 1.72 bits per heavy atom. The van der Waals surface area contributed by atoms with E-state index in [2.05, 4.69) is 130 Å². The van der Waals surface area contributed by atoms with Gasteiger partial charge in [-0.2, -0.15) is 0 Å². The molecule has 1 aliphatic rings. The summed E-state index contributed by atoms with van der Waals surface area (Å²) in [7, 11) is -1.89. The SMILES string of the molecule is CC1=C(/C=C/C(C)=C/C[P+](c2ccccc2)(c2ccccc2)c2ccccc2)C(C)(C)CCC1=O.[Br-]. The van der Waals surface area contributed by atoms with Gasteiger partial charge in [0.05, 0.1) is 6.16 Å². The smallest absolute Gasteiger partial charge is 0.158 e. The third-order valence-corrected chi connectivity index (χ3v) is 11.6. The molecule has 0 amide bonds. The Balaban J connectivity index is 0.00000361. The maximum atomic E-state index is 12.4. The van der Waals surface area contributed by atoms with Gasteiger partial charge in [-0.05, 0) is 79.3 Å². The molecule has 0 unspecified atom stereocenters. The molecule has 0 saturated heterocycles. The fourth-order valence-corrected chi connectivity index (χ4v) is 9.26. The molecule has 0 heterocycles.